The van der Waals surface area contributed by atoms with E-state index >= 15 is 0 Å². The minimum Gasteiger partial charge on any atom is -0.274 e. The average Bonchev–Trinajstić information content (AvgIpc) is 3.34. The van der Waals surface area contributed by atoms with E-state index in [-0.39, 0.29) is 11.8 Å². The number of nitrogens with zero attached hydrogens (tertiary/aromatic N) is 3. The van der Waals surface area contributed by atoms with Gasteiger partial charge >= 0.3 is 0 Å². The van der Waals surface area contributed by atoms with Crippen molar-refractivity contribution >= 4 is 44.4 Å². The molecule has 0 radical (unpaired) electrons. The number of carbonyl (C=O) groups is 2. The molecule has 0 bridgehead atoms. The zero-order valence-corrected chi connectivity index (χ0v) is 15.9. The Kier molecular flexibility index (Phi) is 3.49. The van der Waals surface area contributed by atoms with E-state index in [0.29, 0.717) is 35.1 Å². The summed E-state index contributed by atoms with van der Waals surface area (Å²) in [4.78, 5) is 31.6. The number of hydrogen-bond acceptors (Lipinski definition) is 4. The number of aromatic amines is 1. The molecule has 0 unspecified atom stereocenters. The smallest absolute Gasteiger partial charge is 0.263 e. The predicted molar refractivity (Wildman–Crippen MR) is 114 cm³/mol. The van der Waals surface area contributed by atoms with Crippen LogP contribution in [0.4, 0.5) is 0 Å². The van der Waals surface area contributed by atoms with Gasteiger partial charge in [-0.15, -0.1) is 0 Å². The summed E-state index contributed by atoms with van der Waals surface area (Å²) in [5, 5.41) is 11.9. The van der Waals surface area contributed by atoms with Gasteiger partial charge in [-0.1, -0.05) is 48.5 Å². The number of hydrogen-bond donors (Lipinski definition) is 1. The fourth-order valence-corrected chi connectivity index (χ4v) is 4.47. The zero-order valence-electron chi connectivity index (χ0n) is 15.9. The van der Waals surface area contributed by atoms with Crippen molar-refractivity contribution in [1.82, 2.24) is 20.1 Å². The van der Waals surface area contributed by atoms with E-state index < -0.39 is 0 Å². The van der Waals surface area contributed by atoms with Crippen LogP contribution >= 0.6 is 0 Å². The number of pyridine rings is 1. The van der Waals surface area contributed by atoms with E-state index in [2.05, 4.69) is 45.5 Å². The number of fused-ring (bicyclic) bond motifs is 5. The maximum atomic E-state index is 13.1. The van der Waals surface area contributed by atoms with Crippen LogP contribution in [0.15, 0.2) is 67.0 Å². The highest BCUT2D eigenvalue weighted by Gasteiger charge is 2.37. The number of nitrogens with one attached hydrogen (secondary N) is 1. The minimum absolute atomic E-state index is 0.284. The molecule has 0 saturated heterocycles. The molecule has 5 aromatic rings. The van der Waals surface area contributed by atoms with Crippen LogP contribution in [0.25, 0.3) is 32.6 Å². The topological polar surface area (TPSA) is 79.0 Å². The largest absolute Gasteiger partial charge is 0.274 e. The summed E-state index contributed by atoms with van der Waals surface area (Å²) >= 11 is 0. The maximum Gasteiger partial charge on any atom is 0.263 e. The van der Waals surface area contributed by atoms with Crippen molar-refractivity contribution in [2.24, 2.45) is 0 Å². The number of imide groups is 1. The molecule has 30 heavy (non-hydrogen) atoms. The van der Waals surface area contributed by atoms with Crippen molar-refractivity contribution < 1.29 is 9.59 Å². The molecule has 1 N–H and O–H groups in total. The van der Waals surface area contributed by atoms with Crippen LogP contribution in [-0.4, -0.2) is 38.4 Å². The molecule has 0 spiro atoms. The SMILES string of the molecule is O=C1c2cnc3[nH]ncc3c2C(=O)N1CCc1c2ccccc2cc2ccccc12. The first-order valence-electron chi connectivity index (χ1n) is 9.80. The highest BCUT2D eigenvalue weighted by atomic mass is 16.2. The lowest BCUT2D eigenvalue weighted by molar-refractivity contribution is 0.0657. The minimum atomic E-state index is -0.296. The second-order valence-electron chi connectivity index (χ2n) is 7.49. The summed E-state index contributed by atoms with van der Waals surface area (Å²) in [6.45, 7) is 0.309. The Morgan fingerprint density at radius 3 is 2.27 bits per heavy atom. The van der Waals surface area contributed by atoms with Crippen LogP contribution in [0.2, 0.25) is 0 Å². The monoisotopic (exact) mass is 392 g/mol. The van der Waals surface area contributed by atoms with Gasteiger partial charge in [-0.25, -0.2) is 4.98 Å². The summed E-state index contributed by atoms with van der Waals surface area (Å²) < 4.78 is 0. The molecule has 144 valence electrons. The van der Waals surface area contributed by atoms with Crippen molar-refractivity contribution in [1.29, 1.82) is 0 Å². The summed E-state index contributed by atoms with van der Waals surface area (Å²) in [6, 6.07) is 18.6. The Hall–Kier alpha value is -4.06. The van der Waals surface area contributed by atoms with E-state index in [1.54, 1.807) is 6.20 Å². The van der Waals surface area contributed by atoms with Gasteiger partial charge in [0.05, 0.1) is 22.7 Å². The fraction of sp³-hybridized carbons (Fsp3) is 0.0833. The van der Waals surface area contributed by atoms with Crippen molar-refractivity contribution in [3.05, 3.63) is 83.7 Å². The third-order valence-corrected chi connectivity index (χ3v) is 5.88. The third-order valence-electron chi connectivity index (χ3n) is 5.88. The molecule has 6 nitrogen and oxygen atoms in total. The first-order chi connectivity index (χ1) is 14.7. The Labute approximate surface area is 171 Å². The van der Waals surface area contributed by atoms with Gasteiger partial charge in [0.15, 0.2) is 5.65 Å². The first-order valence-corrected chi connectivity index (χ1v) is 9.80. The predicted octanol–water partition coefficient (Wildman–Crippen LogP) is 4.10. The summed E-state index contributed by atoms with van der Waals surface area (Å²) in [6.07, 6.45) is 3.59. The van der Waals surface area contributed by atoms with Gasteiger partial charge in [-0.05, 0) is 39.6 Å². The van der Waals surface area contributed by atoms with Crippen LogP contribution in [0.1, 0.15) is 26.3 Å². The molecule has 0 aliphatic carbocycles. The molecule has 0 fully saturated rings. The lowest BCUT2D eigenvalue weighted by atomic mass is 9.95. The summed E-state index contributed by atoms with van der Waals surface area (Å²) in [5.41, 5.74) is 2.39. The number of amides is 2. The van der Waals surface area contributed by atoms with Gasteiger partial charge in [0, 0.05) is 12.7 Å². The average molecular weight is 392 g/mol. The molecule has 1 aliphatic heterocycles. The van der Waals surface area contributed by atoms with Crippen molar-refractivity contribution in [2.45, 2.75) is 6.42 Å². The van der Waals surface area contributed by atoms with Gasteiger partial charge in [-0.3, -0.25) is 19.6 Å². The van der Waals surface area contributed by atoms with Crippen LogP contribution < -0.4 is 0 Å². The molecule has 1 aliphatic rings. The number of carbonyl (C=O) groups excluding carboxylic acids is 2. The molecular formula is C24H16N4O2. The number of benzene rings is 3. The van der Waals surface area contributed by atoms with Crippen LogP contribution in [0.5, 0.6) is 0 Å². The van der Waals surface area contributed by atoms with E-state index in [1.165, 1.54) is 11.1 Å². The second kappa shape index (κ2) is 6.22. The Bertz CT molecular complexity index is 1450. The highest BCUT2D eigenvalue weighted by molar-refractivity contribution is 6.25. The number of aromatic nitrogens is 3. The summed E-state index contributed by atoms with van der Waals surface area (Å²) in [7, 11) is 0. The van der Waals surface area contributed by atoms with Crippen molar-refractivity contribution in [3.63, 3.8) is 0 Å². The van der Waals surface area contributed by atoms with Gasteiger partial charge in [-0.2, -0.15) is 5.10 Å². The Balaban J connectivity index is 1.42. The molecule has 2 aromatic heterocycles. The molecule has 3 heterocycles. The van der Waals surface area contributed by atoms with Crippen molar-refractivity contribution in [3.8, 4) is 0 Å². The lowest BCUT2D eigenvalue weighted by Gasteiger charge is -2.16. The molecule has 2 amide bonds. The standard InChI is InChI=1S/C24H16N4O2/c29-23-20-12-25-22-19(13-26-27-22)21(20)24(30)28(23)10-9-18-16-7-3-1-5-14(16)11-15-6-2-4-8-17(15)18/h1-8,11-13H,9-10H2,(H,25,26,27). The molecular weight excluding hydrogens is 376 g/mol. The second-order valence-corrected chi connectivity index (χ2v) is 7.49. The first kappa shape index (κ1) is 16.9. The molecule has 0 atom stereocenters. The summed E-state index contributed by atoms with van der Waals surface area (Å²) in [5.74, 6) is -0.580. The van der Waals surface area contributed by atoms with E-state index in [1.807, 2.05) is 24.3 Å². The van der Waals surface area contributed by atoms with Gasteiger partial charge in [0.2, 0.25) is 0 Å². The number of rotatable bonds is 3. The van der Waals surface area contributed by atoms with Gasteiger partial charge in [0.25, 0.3) is 11.8 Å². The molecule has 6 heteroatoms. The Morgan fingerprint density at radius 1 is 0.833 bits per heavy atom. The fourth-order valence-electron chi connectivity index (χ4n) is 4.47. The maximum absolute atomic E-state index is 13.1. The number of H-pyrrole nitrogens is 1. The van der Waals surface area contributed by atoms with E-state index in [0.717, 1.165) is 27.1 Å². The molecule has 6 rings (SSSR count). The van der Waals surface area contributed by atoms with E-state index in [4.69, 9.17) is 0 Å². The van der Waals surface area contributed by atoms with Crippen LogP contribution in [-0.2, 0) is 6.42 Å². The van der Waals surface area contributed by atoms with Crippen molar-refractivity contribution in [2.75, 3.05) is 6.54 Å². The van der Waals surface area contributed by atoms with E-state index in [9.17, 15) is 9.59 Å². The van der Waals surface area contributed by atoms with Crippen LogP contribution in [0.3, 0.4) is 0 Å². The third kappa shape index (κ3) is 2.30. The normalized spacial score (nSPS) is 13.7. The van der Waals surface area contributed by atoms with Gasteiger partial charge in [0.1, 0.15) is 0 Å². The zero-order chi connectivity index (χ0) is 20.2. The molecule has 0 saturated carbocycles. The Morgan fingerprint density at radius 2 is 1.53 bits per heavy atom. The lowest BCUT2D eigenvalue weighted by Crippen LogP contribution is -2.31. The molecule has 3 aromatic carbocycles. The quantitative estimate of drug-likeness (QED) is 0.370. The van der Waals surface area contributed by atoms with Crippen LogP contribution in [0, 0.1) is 0 Å². The van der Waals surface area contributed by atoms with Gasteiger partial charge < -0.3 is 0 Å². The highest BCUT2D eigenvalue weighted by Crippen LogP contribution is 2.31.